The maximum atomic E-state index is 12.3. The number of hydrogen-bond acceptors (Lipinski definition) is 4. The van der Waals surface area contributed by atoms with E-state index in [1.807, 2.05) is 60.9 Å². The zero-order chi connectivity index (χ0) is 19.1. The Morgan fingerprint density at radius 3 is 2.67 bits per heavy atom. The van der Waals surface area contributed by atoms with Crippen LogP contribution in [-0.2, 0) is 11.2 Å². The Morgan fingerprint density at radius 1 is 1.15 bits per heavy atom. The van der Waals surface area contributed by atoms with Crippen molar-refractivity contribution in [3.8, 4) is 5.69 Å². The lowest BCUT2D eigenvalue weighted by Crippen LogP contribution is -2.34. The number of nitrogens with zero attached hydrogens (tertiary/aromatic N) is 3. The van der Waals surface area contributed by atoms with Crippen LogP contribution in [-0.4, -0.2) is 32.5 Å². The van der Waals surface area contributed by atoms with Gasteiger partial charge in [0.15, 0.2) is 5.16 Å². The molecular weight excluding hydrogens is 356 g/mol. The second-order valence-corrected chi connectivity index (χ2v) is 7.49. The molecule has 6 heteroatoms. The van der Waals surface area contributed by atoms with Crippen molar-refractivity contribution in [2.45, 2.75) is 37.9 Å². The van der Waals surface area contributed by atoms with E-state index in [0.29, 0.717) is 5.75 Å². The van der Waals surface area contributed by atoms with Crippen LogP contribution in [0.2, 0.25) is 0 Å². The first-order valence-electron chi connectivity index (χ1n) is 9.05. The van der Waals surface area contributed by atoms with Gasteiger partial charge < -0.3 is 5.32 Å². The molecule has 0 saturated heterocycles. The second kappa shape index (κ2) is 9.37. The Bertz CT molecular complexity index is 879. The van der Waals surface area contributed by atoms with Gasteiger partial charge in [-0.1, -0.05) is 60.3 Å². The summed E-state index contributed by atoms with van der Waals surface area (Å²) in [7, 11) is 0. The average molecular weight is 381 g/mol. The first-order valence-corrected chi connectivity index (χ1v) is 10.0. The van der Waals surface area contributed by atoms with Gasteiger partial charge in [0.1, 0.15) is 6.33 Å². The maximum Gasteiger partial charge on any atom is 0.230 e. The number of aromatic nitrogens is 3. The average Bonchev–Trinajstić information content (AvgIpc) is 3.14. The van der Waals surface area contributed by atoms with Gasteiger partial charge >= 0.3 is 0 Å². The lowest BCUT2D eigenvalue weighted by Gasteiger charge is -2.14. The van der Waals surface area contributed by atoms with Gasteiger partial charge in [-0.2, -0.15) is 0 Å². The third-order valence-corrected chi connectivity index (χ3v) is 5.28. The van der Waals surface area contributed by atoms with Gasteiger partial charge in [-0.05, 0) is 43.9 Å². The summed E-state index contributed by atoms with van der Waals surface area (Å²) in [6.45, 7) is 4.09. The lowest BCUT2D eigenvalue weighted by atomic mass is 10.1. The minimum absolute atomic E-state index is 0.0138. The van der Waals surface area contributed by atoms with Crippen molar-refractivity contribution in [3.05, 3.63) is 72.1 Å². The fraction of sp³-hybridized carbons (Fsp3) is 0.286. The summed E-state index contributed by atoms with van der Waals surface area (Å²) < 4.78 is 1.92. The highest BCUT2D eigenvalue weighted by molar-refractivity contribution is 7.99. The fourth-order valence-electron chi connectivity index (χ4n) is 2.87. The van der Waals surface area contributed by atoms with E-state index in [0.717, 1.165) is 29.2 Å². The summed E-state index contributed by atoms with van der Waals surface area (Å²) in [4.78, 5) is 12.3. The molecule has 1 heterocycles. The molecule has 0 radical (unpaired) electrons. The van der Waals surface area contributed by atoms with Gasteiger partial charge in [0, 0.05) is 6.04 Å². The second-order valence-electron chi connectivity index (χ2n) is 6.55. The molecule has 1 atom stereocenters. The van der Waals surface area contributed by atoms with Gasteiger partial charge in [0.2, 0.25) is 5.91 Å². The van der Waals surface area contributed by atoms with Crippen molar-refractivity contribution in [1.82, 2.24) is 20.1 Å². The largest absolute Gasteiger partial charge is 0.353 e. The standard InChI is InChI=1S/C21H24N4OS/c1-16-8-6-7-11-19(16)25-15-22-24-21(25)27-14-20(26)23-17(2)12-13-18-9-4-3-5-10-18/h3-11,15,17H,12-14H2,1-2H3,(H,23,26)/t17-/m0/s1. The number of carbonyl (C=O) groups excluding carboxylic acids is 1. The van der Waals surface area contributed by atoms with Crippen molar-refractivity contribution >= 4 is 17.7 Å². The van der Waals surface area contributed by atoms with Gasteiger partial charge in [-0.15, -0.1) is 10.2 Å². The molecule has 0 fully saturated rings. The molecule has 1 aromatic heterocycles. The molecule has 1 amide bonds. The first kappa shape index (κ1) is 19.2. The molecule has 2 aromatic carbocycles. The SMILES string of the molecule is Cc1ccccc1-n1cnnc1SCC(=O)N[C@@H](C)CCc1ccccc1. The molecule has 0 unspecified atom stereocenters. The highest BCUT2D eigenvalue weighted by atomic mass is 32.2. The molecule has 27 heavy (non-hydrogen) atoms. The molecule has 0 bridgehead atoms. The summed E-state index contributed by atoms with van der Waals surface area (Å²) in [5.41, 5.74) is 3.46. The molecule has 0 aliphatic carbocycles. The van der Waals surface area contributed by atoms with E-state index in [-0.39, 0.29) is 11.9 Å². The first-order chi connectivity index (χ1) is 13.1. The molecule has 140 valence electrons. The van der Waals surface area contributed by atoms with Gasteiger partial charge in [0.05, 0.1) is 11.4 Å². The zero-order valence-corrected chi connectivity index (χ0v) is 16.4. The molecule has 3 aromatic rings. The third-order valence-electron chi connectivity index (χ3n) is 4.34. The van der Waals surface area contributed by atoms with E-state index in [4.69, 9.17) is 0 Å². The van der Waals surface area contributed by atoms with Gasteiger partial charge in [-0.3, -0.25) is 9.36 Å². The number of para-hydroxylation sites is 1. The number of aryl methyl sites for hydroxylation is 2. The number of hydrogen-bond donors (Lipinski definition) is 1. The van der Waals surface area contributed by atoms with Crippen LogP contribution >= 0.6 is 11.8 Å². The van der Waals surface area contributed by atoms with Crippen LogP contribution in [0.4, 0.5) is 0 Å². The number of thioether (sulfide) groups is 1. The summed E-state index contributed by atoms with van der Waals surface area (Å²) in [5, 5.41) is 11.9. The van der Waals surface area contributed by atoms with Crippen LogP contribution in [0.5, 0.6) is 0 Å². The van der Waals surface area contributed by atoms with Crippen LogP contribution in [0.3, 0.4) is 0 Å². The predicted molar refractivity (Wildman–Crippen MR) is 109 cm³/mol. The zero-order valence-electron chi connectivity index (χ0n) is 15.6. The van der Waals surface area contributed by atoms with Crippen LogP contribution in [0, 0.1) is 6.92 Å². The van der Waals surface area contributed by atoms with Crippen LogP contribution in [0.25, 0.3) is 5.69 Å². The Labute approximate surface area is 164 Å². The van der Waals surface area contributed by atoms with Crippen molar-refractivity contribution in [2.75, 3.05) is 5.75 Å². The third kappa shape index (κ3) is 5.44. The molecule has 0 spiro atoms. The number of amides is 1. The van der Waals surface area contributed by atoms with E-state index >= 15 is 0 Å². The van der Waals surface area contributed by atoms with Crippen LogP contribution < -0.4 is 5.32 Å². The quantitative estimate of drug-likeness (QED) is 0.604. The summed E-state index contributed by atoms with van der Waals surface area (Å²) >= 11 is 1.40. The minimum atomic E-state index is 0.0138. The smallest absolute Gasteiger partial charge is 0.230 e. The topological polar surface area (TPSA) is 59.8 Å². The Balaban J connectivity index is 1.50. The maximum absolute atomic E-state index is 12.3. The monoisotopic (exact) mass is 380 g/mol. The molecule has 0 aliphatic rings. The molecule has 5 nitrogen and oxygen atoms in total. The summed E-state index contributed by atoms with van der Waals surface area (Å²) in [6.07, 6.45) is 3.56. The number of nitrogens with one attached hydrogen (secondary N) is 1. The van der Waals surface area contributed by atoms with Gasteiger partial charge in [-0.25, -0.2) is 0 Å². The molecule has 0 saturated carbocycles. The lowest BCUT2D eigenvalue weighted by molar-refractivity contribution is -0.119. The van der Waals surface area contributed by atoms with Crippen molar-refractivity contribution in [1.29, 1.82) is 0 Å². The van der Waals surface area contributed by atoms with Gasteiger partial charge in [0.25, 0.3) is 0 Å². The van der Waals surface area contributed by atoms with Crippen molar-refractivity contribution < 1.29 is 4.79 Å². The summed E-state index contributed by atoms with van der Waals surface area (Å²) in [6, 6.07) is 18.5. The summed E-state index contributed by atoms with van der Waals surface area (Å²) in [5.74, 6) is 0.333. The van der Waals surface area contributed by atoms with Crippen LogP contribution in [0.15, 0.2) is 66.1 Å². The van der Waals surface area contributed by atoms with Crippen molar-refractivity contribution in [2.24, 2.45) is 0 Å². The molecule has 1 N–H and O–H groups in total. The van der Waals surface area contributed by atoms with E-state index in [1.54, 1.807) is 6.33 Å². The highest BCUT2D eigenvalue weighted by Gasteiger charge is 2.13. The number of carbonyl (C=O) groups is 1. The van der Waals surface area contributed by atoms with E-state index in [2.05, 4.69) is 27.6 Å². The fourth-order valence-corrected chi connectivity index (χ4v) is 3.60. The Hall–Kier alpha value is -2.60. The van der Waals surface area contributed by atoms with Crippen molar-refractivity contribution in [3.63, 3.8) is 0 Å². The normalized spacial score (nSPS) is 11.9. The molecule has 3 rings (SSSR count). The Morgan fingerprint density at radius 2 is 1.89 bits per heavy atom. The minimum Gasteiger partial charge on any atom is -0.353 e. The van der Waals surface area contributed by atoms with E-state index in [9.17, 15) is 4.79 Å². The predicted octanol–water partition coefficient (Wildman–Crippen LogP) is 3.81. The number of rotatable bonds is 8. The van der Waals surface area contributed by atoms with Crippen LogP contribution in [0.1, 0.15) is 24.5 Å². The Kier molecular flexibility index (Phi) is 6.65. The molecule has 0 aliphatic heterocycles. The molecular formula is C21H24N4OS. The number of benzene rings is 2. The highest BCUT2D eigenvalue weighted by Crippen LogP contribution is 2.21. The van der Waals surface area contributed by atoms with E-state index < -0.39 is 0 Å². The van der Waals surface area contributed by atoms with E-state index in [1.165, 1.54) is 17.3 Å².